The van der Waals surface area contributed by atoms with Crippen molar-refractivity contribution >= 4 is 17.6 Å². The first-order chi connectivity index (χ1) is 6.61. The molecule has 14 heavy (non-hydrogen) atoms. The second-order valence-electron chi connectivity index (χ2n) is 3.41. The molecule has 1 aromatic carbocycles. The summed E-state index contributed by atoms with van der Waals surface area (Å²) in [7, 11) is 0. The molecular weight excluding hydrogens is 207 g/mol. The van der Waals surface area contributed by atoms with Crippen LogP contribution in [0, 0.1) is 5.82 Å². The third-order valence-corrected chi connectivity index (χ3v) is 2.73. The van der Waals surface area contributed by atoms with E-state index >= 15 is 0 Å². The number of rotatable bonds is 2. The summed E-state index contributed by atoms with van der Waals surface area (Å²) >= 11 is 5.61. The van der Waals surface area contributed by atoms with Gasteiger partial charge in [0, 0.05) is 0 Å². The smallest absolute Gasteiger partial charge is 0.337 e. The predicted molar refractivity (Wildman–Crippen MR) is 50.3 cm³/mol. The largest absolute Gasteiger partial charge is 0.478 e. The van der Waals surface area contributed by atoms with Gasteiger partial charge in [-0.1, -0.05) is 17.7 Å². The number of halogens is 2. The summed E-state index contributed by atoms with van der Waals surface area (Å²) in [6.45, 7) is 0. The number of benzene rings is 1. The molecule has 0 radical (unpaired) electrons. The molecule has 1 aromatic rings. The maximum Gasteiger partial charge on any atom is 0.337 e. The molecule has 1 saturated carbocycles. The van der Waals surface area contributed by atoms with Crippen molar-refractivity contribution < 1.29 is 14.3 Å². The van der Waals surface area contributed by atoms with Crippen LogP contribution >= 0.6 is 11.6 Å². The van der Waals surface area contributed by atoms with Gasteiger partial charge in [-0.3, -0.25) is 0 Å². The van der Waals surface area contributed by atoms with Gasteiger partial charge in [-0.05, 0) is 30.4 Å². The van der Waals surface area contributed by atoms with Crippen LogP contribution in [0.3, 0.4) is 0 Å². The minimum atomic E-state index is -1.16. The Morgan fingerprint density at radius 3 is 2.64 bits per heavy atom. The molecule has 0 heterocycles. The van der Waals surface area contributed by atoms with Gasteiger partial charge in [-0.2, -0.15) is 0 Å². The Hall–Kier alpha value is -1.09. The van der Waals surface area contributed by atoms with E-state index in [1.165, 1.54) is 12.1 Å². The summed E-state index contributed by atoms with van der Waals surface area (Å²) in [4.78, 5) is 10.9. The fourth-order valence-electron chi connectivity index (χ4n) is 1.52. The van der Waals surface area contributed by atoms with Crippen LogP contribution < -0.4 is 0 Å². The molecule has 0 aromatic heterocycles. The van der Waals surface area contributed by atoms with Crippen molar-refractivity contribution in [1.29, 1.82) is 0 Å². The van der Waals surface area contributed by atoms with E-state index in [2.05, 4.69) is 0 Å². The van der Waals surface area contributed by atoms with E-state index in [1.807, 2.05) is 0 Å². The zero-order valence-electron chi connectivity index (χ0n) is 7.26. The summed E-state index contributed by atoms with van der Waals surface area (Å²) in [6.07, 6.45) is 1.92. The normalized spacial score (nSPS) is 15.6. The molecule has 74 valence electrons. The lowest BCUT2D eigenvalue weighted by molar-refractivity contribution is 0.0695. The SMILES string of the molecule is O=C(O)c1c(C2CC2)ccc(F)c1Cl. The van der Waals surface area contributed by atoms with E-state index in [1.54, 1.807) is 0 Å². The van der Waals surface area contributed by atoms with Gasteiger partial charge in [0.1, 0.15) is 5.82 Å². The molecule has 0 atom stereocenters. The van der Waals surface area contributed by atoms with Crippen molar-refractivity contribution in [2.45, 2.75) is 18.8 Å². The molecular formula is C10H8ClFO2. The highest BCUT2D eigenvalue weighted by Gasteiger charge is 2.30. The lowest BCUT2D eigenvalue weighted by atomic mass is 10.0. The van der Waals surface area contributed by atoms with E-state index in [-0.39, 0.29) is 16.5 Å². The third kappa shape index (κ3) is 1.48. The second-order valence-corrected chi connectivity index (χ2v) is 3.78. The Balaban J connectivity index is 2.59. The minimum Gasteiger partial charge on any atom is -0.478 e. The first-order valence-corrected chi connectivity index (χ1v) is 4.70. The van der Waals surface area contributed by atoms with Gasteiger partial charge in [0.05, 0.1) is 10.6 Å². The molecule has 1 N–H and O–H groups in total. The number of carbonyl (C=O) groups is 1. The average Bonchev–Trinajstić information content (AvgIpc) is 2.91. The minimum absolute atomic E-state index is 0.0748. The summed E-state index contributed by atoms with van der Waals surface area (Å²) in [5.41, 5.74) is 0.582. The van der Waals surface area contributed by atoms with Crippen LogP contribution in [0.15, 0.2) is 12.1 Å². The quantitative estimate of drug-likeness (QED) is 0.822. The zero-order chi connectivity index (χ0) is 10.3. The number of carboxylic acid groups (broad SMARTS) is 1. The molecule has 0 unspecified atom stereocenters. The van der Waals surface area contributed by atoms with Crippen LogP contribution in [0.4, 0.5) is 4.39 Å². The molecule has 2 nitrogen and oxygen atoms in total. The van der Waals surface area contributed by atoms with Gasteiger partial charge in [-0.15, -0.1) is 0 Å². The van der Waals surface area contributed by atoms with E-state index in [9.17, 15) is 9.18 Å². The van der Waals surface area contributed by atoms with Gasteiger partial charge in [0.15, 0.2) is 0 Å². The van der Waals surface area contributed by atoms with Crippen LogP contribution in [0.2, 0.25) is 5.02 Å². The first-order valence-electron chi connectivity index (χ1n) is 4.32. The highest BCUT2D eigenvalue weighted by molar-refractivity contribution is 6.33. The van der Waals surface area contributed by atoms with Crippen molar-refractivity contribution in [3.8, 4) is 0 Å². The Morgan fingerprint density at radius 2 is 2.14 bits per heavy atom. The van der Waals surface area contributed by atoms with Gasteiger partial charge in [0.25, 0.3) is 0 Å². The van der Waals surface area contributed by atoms with Gasteiger partial charge < -0.3 is 5.11 Å². The standard InChI is InChI=1S/C10H8ClFO2/c11-9-7(12)4-3-6(5-1-2-5)8(9)10(13)14/h3-5H,1-2H2,(H,13,14). The van der Waals surface area contributed by atoms with Crippen molar-refractivity contribution in [3.63, 3.8) is 0 Å². The van der Waals surface area contributed by atoms with Gasteiger partial charge in [0.2, 0.25) is 0 Å². The lowest BCUT2D eigenvalue weighted by Crippen LogP contribution is -2.04. The molecule has 1 aliphatic rings. The highest BCUT2D eigenvalue weighted by atomic mass is 35.5. The molecule has 1 fully saturated rings. The Morgan fingerprint density at radius 1 is 1.50 bits per heavy atom. The fraction of sp³-hybridized carbons (Fsp3) is 0.300. The second kappa shape index (κ2) is 3.24. The summed E-state index contributed by atoms with van der Waals surface area (Å²) in [5, 5.41) is 8.62. The van der Waals surface area contributed by atoms with Crippen LogP contribution in [0.1, 0.15) is 34.7 Å². The maximum absolute atomic E-state index is 13.0. The van der Waals surface area contributed by atoms with Crippen molar-refractivity contribution in [2.24, 2.45) is 0 Å². The van der Waals surface area contributed by atoms with E-state index in [0.29, 0.717) is 5.56 Å². The molecule has 0 spiro atoms. The van der Waals surface area contributed by atoms with Gasteiger partial charge >= 0.3 is 5.97 Å². The number of carboxylic acids is 1. The molecule has 1 aliphatic carbocycles. The Kier molecular flexibility index (Phi) is 2.19. The molecule has 0 saturated heterocycles. The topological polar surface area (TPSA) is 37.3 Å². The summed E-state index contributed by atoms with van der Waals surface area (Å²) in [5.74, 6) is -1.58. The Bertz CT molecular complexity index is 399. The molecule has 4 heteroatoms. The van der Waals surface area contributed by atoms with E-state index in [4.69, 9.17) is 16.7 Å². The summed E-state index contributed by atoms with van der Waals surface area (Å²) < 4.78 is 13.0. The van der Waals surface area contributed by atoms with Gasteiger partial charge in [-0.25, -0.2) is 9.18 Å². The third-order valence-electron chi connectivity index (χ3n) is 2.36. The molecule has 0 amide bonds. The summed E-state index contributed by atoms with van der Waals surface area (Å²) in [6, 6.07) is 2.74. The molecule has 0 bridgehead atoms. The van der Waals surface area contributed by atoms with Crippen LogP contribution in [0.25, 0.3) is 0 Å². The Labute approximate surface area is 85.3 Å². The predicted octanol–water partition coefficient (Wildman–Crippen LogP) is 3.05. The highest BCUT2D eigenvalue weighted by Crippen LogP contribution is 2.43. The van der Waals surface area contributed by atoms with Crippen molar-refractivity contribution in [1.82, 2.24) is 0 Å². The number of aromatic carboxylic acids is 1. The number of hydrogen-bond acceptors (Lipinski definition) is 1. The molecule has 2 rings (SSSR count). The van der Waals surface area contributed by atoms with Crippen LogP contribution in [-0.4, -0.2) is 11.1 Å². The van der Waals surface area contributed by atoms with Crippen molar-refractivity contribution in [3.05, 3.63) is 34.1 Å². The average molecular weight is 215 g/mol. The first kappa shape index (κ1) is 9.46. The maximum atomic E-state index is 13.0. The van der Waals surface area contributed by atoms with E-state index < -0.39 is 11.8 Å². The lowest BCUT2D eigenvalue weighted by Gasteiger charge is -2.06. The van der Waals surface area contributed by atoms with E-state index in [0.717, 1.165) is 12.8 Å². The number of hydrogen-bond donors (Lipinski definition) is 1. The molecule has 0 aliphatic heterocycles. The van der Waals surface area contributed by atoms with Crippen LogP contribution in [0.5, 0.6) is 0 Å². The fourth-order valence-corrected chi connectivity index (χ4v) is 1.77. The van der Waals surface area contributed by atoms with Crippen LogP contribution in [-0.2, 0) is 0 Å². The van der Waals surface area contributed by atoms with Crippen molar-refractivity contribution in [2.75, 3.05) is 0 Å². The zero-order valence-corrected chi connectivity index (χ0v) is 8.01. The monoisotopic (exact) mass is 214 g/mol.